The number of hydrogen-bond acceptors (Lipinski definition) is 7. The van der Waals surface area contributed by atoms with Crippen LogP contribution in [-0.4, -0.2) is 48.7 Å². The molecule has 0 aliphatic carbocycles. The molecule has 2 aromatic carbocycles. The van der Waals surface area contributed by atoms with Gasteiger partial charge in [-0.15, -0.1) is 0 Å². The van der Waals surface area contributed by atoms with E-state index in [1.807, 2.05) is 32.9 Å². The van der Waals surface area contributed by atoms with Gasteiger partial charge in [-0.3, -0.25) is 14.4 Å². The van der Waals surface area contributed by atoms with Crippen molar-refractivity contribution >= 4 is 23.2 Å². The van der Waals surface area contributed by atoms with Crippen LogP contribution in [0, 0.1) is 0 Å². The van der Waals surface area contributed by atoms with E-state index in [9.17, 15) is 14.4 Å². The van der Waals surface area contributed by atoms with Crippen LogP contribution in [0.2, 0.25) is 5.02 Å². The van der Waals surface area contributed by atoms with Gasteiger partial charge in [-0.05, 0) is 63.9 Å². The van der Waals surface area contributed by atoms with Crippen LogP contribution in [0.4, 0.5) is 0 Å². The van der Waals surface area contributed by atoms with Gasteiger partial charge in [0.25, 0.3) is 5.56 Å². The fraction of sp³-hybridized carbons (Fsp3) is 0.387. The number of para-hydroxylation sites is 1. The molecular weight excluding hydrogens is 534 g/mol. The molecule has 4 rings (SSSR count). The van der Waals surface area contributed by atoms with Crippen LogP contribution in [0.15, 0.2) is 53.5 Å². The Morgan fingerprint density at radius 2 is 1.82 bits per heavy atom. The standard InChI is InChI=1S/C31H34ClNO7/c1-19(34)22-10-9-21(32)16-23(22)24-17-29(36)33(18-28(24)37-5)25(11-12-40-31(2,3)4)26(35)15-20-7-6-8-27-30(20)39-14-13-38-27/h6-10,16-18,25H,11-15H2,1-5H3. The molecule has 0 N–H and O–H groups in total. The quantitative estimate of drug-likeness (QED) is 0.290. The van der Waals surface area contributed by atoms with E-state index in [-0.39, 0.29) is 31.0 Å². The van der Waals surface area contributed by atoms with E-state index in [4.69, 9.17) is 30.5 Å². The summed E-state index contributed by atoms with van der Waals surface area (Å²) in [4.78, 5) is 39.8. The summed E-state index contributed by atoms with van der Waals surface area (Å²) in [6, 6.07) is 10.8. The van der Waals surface area contributed by atoms with Crippen LogP contribution < -0.4 is 19.8 Å². The first kappa shape index (κ1) is 29.4. The zero-order chi connectivity index (χ0) is 29.0. The molecular formula is C31H34ClNO7. The minimum atomic E-state index is -0.843. The van der Waals surface area contributed by atoms with E-state index in [2.05, 4.69) is 0 Å². The number of carbonyl (C=O) groups excluding carboxylic acids is 2. The highest BCUT2D eigenvalue weighted by Crippen LogP contribution is 2.36. The van der Waals surface area contributed by atoms with Crippen molar-refractivity contribution in [1.82, 2.24) is 4.57 Å². The maximum absolute atomic E-state index is 13.8. The normalized spacial score (nSPS) is 13.6. The molecule has 0 saturated heterocycles. The van der Waals surface area contributed by atoms with E-state index in [1.54, 1.807) is 24.3 Å². The second kappa shape index (κ2) is 12.3. The van der Waals surface area contributed by atoms with Gasteiger partial charge in [-0.1, -0.05) is 23.7 Å². The van der Waals surface area contributed by atoms with Crippen LogP contribution in [0.1, 0.15) is 56.1 Å². The topological polar surface area (TPSA) is 93.1 Å². The summed E-state index contributed by atoms with van der Waals surface area (Å²) in [5.74, 6) is 1.10. The van der Waals surface area contributed by atoms with Gasteiger partial charge in [-0.2, -0.15) is 0 Å². The highest BCUT2D eigenvalue weighted by Gasteiger charge is 2.27. The molecule has 0 amide bonds. The van der Waals surface area contributed by atoms with Crippen LogP contribution >= 0.6 is 11.6 Å². The second-order valence-corrected chi connectivity index (χ2v) is 11.0. The number of pyridine rings is 1. The molecule has 1 atom stereocenters. The number of fused-ring (bicyclic) bond motifs is 1. The van der Waals surface area contributed by atoms with Gasteiger partial charge >= 0.3 is 0 Å². The lowest BCUT2D eigenvalue weighted by Crippen LogP contribution is -2.32. The van der Waals surface area contributed by atoms with Gasteiger partial charge in [0.05, 0.1) is 24.9 Å². The zero-order valence-corrected chi connectivity index (χ0v) is 24.2. The summed E-state index contributed by atoms with van der Waals surface area (Å²) in [7, 11) is 1.47. The van der Waals surface area contributed by atoms with Gasteiger partial charge in [0.2, 0.25) is 0 Å². The van der Waals surface area contributed by atoms with Crippen molar-refractivity contribution in [1.29, 1.82) is 0 Å². The molecule has 9 heteroatoms. The summed E-state index contributed by atoms with van der Waals surface area (Å²) in [5.41, 5.74) is 1.14. The third kappa shape index (κ3) is 6.74. The van der Waals surface area contributed by atoms with Crippen molar-refractivity contribution in [2.75, 3.05) is 26.9 Å². The largest absolute Gasteiger partial charge is 0.495 e. The van der Waals surface area contributed by atoms with Gasteiger partial charge in [0.15, 0.2) is 23.1 Å². The lowest BCUT2D eigenvalue weighted by atomic mass is 9.96. The first-order chi connectivity index (χ1) is 19.0. The van der Waals surface area contributed by atoms with E-state index < -0.39 is 17.2 Å². The predicted molar refractivity (Wildman–Crippen MR) is 153 cm³/mol. The highest BCUT2D eigenvalue weighted by atomic mass is 35.5. The number of benzene rings is 2. The zero-order valence-electron chi connectivity index (χ0n) is 23.4. The van der Waals surface area contributed by atoms with Crippen LogP contribution in [0.25, 0.3) is 11.1 Å². The highest BCUT2D eigenvalue weighted by molar-refractivity contribution is 6.31. The molecule has 0 bridgehead atoms. The lowest BCUT2D eigenvalue weighted by molar-refractivity contribution is -0.122. The summed E-state index contributed by atoms with van der Waals surface area (Å²) in [6.07, 6.45) is 1.81. The average molecular weight is 568 g/mol. The molecule has 1 aliphatic heterocycles. The molecule has 2 heterocycles. The summed E-state index contributed by atoms with van der Waals surface area (Å²) in [6.45, 7) is 8.33. The van der Waals surface area contributed by atoms with Crippen molar-refractivity contribution < 1.29 is 28.5 Å². The van der Waals surface area contributed by atoms with E-state index in [0.29, 0.717) is 57.7 Å². The van der Waals surface area contributed by atoms with Gasteiger partial charge < -0.3 is 23.5 Å². The second-order valence-electron chi connectivity index (χ2n) is 10.6. The van der Waals surface area contributed by atoms with Gasteiger partial charge in [0.1, 0.15) is 19.0 Å². The summed E-state index contributed by atoms with van der Waals surface area (Å²) < 4.78 is 24.4. The fourth-order valence-electron chi connectivity index (χ4n) is 4.70. The third-order valence-electron chi connectivity index (χ3n) is 6.56. The molecule has 0 fully saturated rings. The number of rotatable bonds is 10. The molecule has 8 nitrogen and oxygen atoms in total. The molecule has 1 aliphatic rings. The van der Waals surface area contributed by atoms with Crippen LogP contribution in [0.3, 0.4) is 0 Å². The van der Waals surface area contributed by atoms with Gasteiger partial charge in [0, 0.05) is 40.8 Å². The number of hydrogen-bond donors (Lipinski definition) is 0. The Labute approximate surface area is 238 Å². The smallest absolute Gasteiger partial charge is 0.252 e. The molecule has 1 aromatic heterocycles. The average Bonchev–Trinajstić information content (AvgIpc) is 2.90. The Hall–Kier alpha value is -3.62. The van der Waals surface area contributed by atoms with E-state index >= 15 is 0 Å². The number of methoxy groups -OCH3 is 1. The van der Waals surface area contributed by atoms with Crippen LogP contribution in [0.5, 0.6) is 17.2 Å². The maximum atomic E-state index is 13.8. The predicted octanol–water partition coefficient (Wildman–Crippen LogP) is 5.71. The molecule has 1 unspecified atom stereocenters. The number of ketones is 2. The monoisotopic (exact) mass is 567 g/mol. The fourth-order valence-corrected chi connectivity index (χ4v) is 4.87. The molecule has 3 aromatic rings. The minimum absolute atomic E-state index is 0.0337. The summed E-state index contributed by atoms with van der Waals surface area (Å²) in [5, 5.41) is 0.413. The third-order valence-corrected chi connectivity index (χ3v) is 6.80. The van der Waals surface area contributed by atoms with Crippen molar-refractivity contribution in [3.8, 4) is 28.4 Å². The van der Waals surface area contributed by atoms with Gasteiger partial charge in [-0.25, -0.2) is 0 Å². The Bertz CT molecular complexity index is 1470. The molecule has 212 valence electrons. The van der Waals surface area contributed by atoms with Crippen molar-refractivity contribution in [3.63, 3.8) is 0 Å². The lowest BCUT2D eigenvalue weighted by Gasteiger charge is -2.25. The van der Waals surface area contributed by atoms with Crippen molar-refractivity contribution in [2.24, 2.45) is 0 Å². The number of nitrogens with zero attached hydrogens (tertiary/aromatic N) is 1. The first-order valence-corrected chi connectivity index (χ1v) is 13.5. The number of carbonyl (C=O) groups is 2. The summed E-state index contributed by atoms with van der Waals surface area (Å²) >= 11 is 6.24. The Balaban J connectivity index is 1.76. The number of aromatic nitrogens is 1. The number of halogens is 1. The van der Waals surface area contributed by atoms with E-state index in [1.165, 1.54) is 30.9 Å². The SMILES string of the molecule is COc1cn(C(CCOC(C)(C)C)C(=O)Cc2cccc3c2OCCO3)c(=O)cc1-c1cc(Cl)ccc1C(C)=O. The van der Waals surface area contributed by atoms with Crippen LogP contribution in [-0.2, 0) is 16.0 Å². The Morgan fingerprint density at radius 1 is 1.07 bits per heavy atom. The first-order valence-electron chi connectivity index (χ1n) is 13.1. The van der Waals surface area contributed by atoms with Crippen molar-refractivity contribution in [2.45, 2.75) is 52.2 Å². The molecule has 0 radical (unpaired) electrons. The number of Topliss-reactive ketones (excluding diaryl/α,β-unsaturated/α-hetero) is 2. The minimum Gasteiger partial charge on any atom is -0.495 e. The molecule has 0 spiro atoms. The number of ether oxygens (including phenoxy) is 4. The maximum Gasteiger partial charge on any atom is 0.252 e. The Kier molecular flexibility index (Phi) is 9.01. The Morgan fingerprint density at radius 3 is 2.52 bits per heavy atom. The molecule has 0 saturated carbocycles. The molecule has 40 heavy (non-hydrogen) atoms. The van der Waals surface area contributed by atoms with Crippen molar-refractivity contribution in [3.05, 3.63) is 75.2 Å². The van der Waals surface area contributed by atoms with E-state index in [0.717, 1.165) is 0 Å².